The van der Waals surface area contributed by atoms with E-state index in [9.17, 15) is 9.59 Å². The molecule has 0 bridgehead atoms. The topological polar surface area (TPSA) is 75.2 Å². The molecule has 6 nitrogen and oxygen atoms in total. The highest BCUT2D eigenvalue weighted by molar-refractivity contribution is 7.13. The molecule has 1 aromatic carbocycles. The van der Waals surface area contributed by atoms with Gasteiger partial charge in [-0.2, -0.15) is 0 Å². The summed E-state index contributed by atoms with van der Waals surface area (Å²) in [5.41, 5.74) is 2.66. The molecule has 0 atom stereocenters. The Balaban J connectivity index is 1.38. The summed E-state index contributed by atoms with van der Waals surface area (Å²) in [7, 11) is 0. The fraction of sp³-hybridized carbons (Fsp3) is 0.238. The number of nitrogens with one attached hydrogen (secondary N) is 1. The monoisotopic (exact) mass is 392 g/mol. The maximum absolute atomic E-state index is 12.6. The Morgan fingerprint density at radius 2 is 1.79 bits per heavy atom. The number of carbonyl (C=O) groups is 2. The van der Waals surface area contributed by atoms with Gasteiger partial charge < -0.3 is 10.2 Å². The highest BCUT2D eigenvalue weighted by atomic mass is 32.1. The molecule has 2 amide bonds. The van der Waals surface area contributed by atoms with E-state index in [-0.39, 0.29) is 11.8 Å². The maximum Gasteiger partial charge on any atom is 0.284 e. The number of aromatic nitrogens is 2. The predicted octanol–water partition coefficient (Wildman–Crippen LogP) is 2.96. The lowest BCUT2D eigenvalue weighted by Crippen LogP contribution is -2.34. The van der Waals surface area contributed by atoms with Crippen LogP contribution in [0.5, 0.6) is 0 Å². The molecule has 0 fully saturated rings. The second-order valence-corrected chi connectivity index (χ2v) is 7.71. The van der Waals surface area contributed by atoms with E-state index in [1.165, 1.54) is 11.3 Å². The quantitative estimate of drug-likeness (QED) is 0.741. The number of benzene rings is 1. The number of anilines is 1. The summed E-state index contributed by atoms with van der Waals surface area (Å²) >= 11 is 1.42. The molecule has 0 radical (unpaired) electrons. The Labute approximate surface area is 167 Å². The van der Waals surface area contributed by atoms with Crippen LogP contribution in [0.3, 0.4) is 0 Å². The van der Waals surface area contributed by atoms with Crippen LogP contribution in [0.25, 0.3) is 0 Å². The maximum atomic E-state index is 12.6. The Morgan fingerprint density at radius 3 is 2.57 bits per heavy atom. The lowest BCUT2D eigenvalue weighted by atomic mass is 10.1. The number of hydrogen-bond donors (Lipinski definition) is 1. The van der Waals surface area contributed by atoms with Crippen LogP contribution in [-0.4, -0.2) is 39.8 Å². The third-order valence-electron chi connectivity index (χ3n) is 4.69. The summed E-state index contributed by atoms with van der Waals surface area (Å²) in [4.78, 5) is 36.5. The first-order valence-corrected chi connectivity index (χ1v) is 10.0. The molecule has 28 heavy (non-hydrogen) atoms. The average molecular weight is 392 g/mol. The minimum absolute atomic E-state index is 0.136. The van der Waals surface area contributed by atoms with Crippen molar-refractivity contribution in [2.45, 2.75) is 19.3 Å². The van der Waals surface area contributed by atoms with Crippen molar-refractivity contribution in [2.75, 3.05) is 18.4 Å². The second kappa shape index (κ2) is 8.31. The molecule has 0 saturated heterocycles. The van der Waals surface area contributed by atoms with Gasteiger partial charge in [-0.15, -0.1) is 11.3 Å². The first-order chi connectivity index (χ1) is 13.7. The Bertz CT molecular complexity index is 947. The Kier molecular flexibility index (Phi) is 5.43. The van der Waals surface area contributed by atoms with Crippen molar-refractivity contribution in [1.82, 2.24) is 14.9 Å². The number of rotatable bonds is 4. The molecule has 1 aliphatic heterocycles. The lowest BCUT2D eigenvalue weighted by molar-refractivity contribution is -0.130. The van der Waals surface area contributed by atoms with Gasteiger partial charge in [0, 0.05) is 48.9 Å². The second-order valence-electron chi connectivity index (χ2n) is 6.62. The summed E-state index contributed by atoms with van der Waals surface area (Å²) < 4.78 is 0. The fourth-order valence-corrected chi connectivity index (χ4v) is 4.20. The van der Waals surface area contributed by atoms with Gasteiger partial charge in [0.15, 0.2) is 5.01 Å². The molecule has 142 valence electrons. The van der Waals surface area contributed by atoms with E-state index < -0.39 is 0 Å². The largest absolute Gasteiger partial charge is 0.342 e. The van der Waals surface area contributed by atoms with Crippen molar-refractivity contribution in [1.29, 1.82) is 0 Å². The number of nitrogens with zero attached hydrogens (tertiary/aromatic N) is 3. The zero-order chi connectivity index (χ0) is 19.3. The van der Waals surface area contributed by atoms with Gasteiger partial charge in [-0.25, -0.2) is 4.98 Å². The Morgan fingerprint density at radius 1 is 1.04 bits per heavy atom. The molecule has 4 rings (SSSR count). The summed E-state index contributed by atoms with van der Waals surface area (Å²) in [6.07, 6.45) is 5.09. The highest BCUT2D eigenvalue weighted by Crippen LogP contribution is 2.24. The minimum atomic E-state index is -0.207. The van der Waals surface area contributed by atoms with Crippen LogP contribution < -0.4 is 5.32 Å². The summed E-state index contributed by atoms with van der Waals surface area (Å²) in [6.45, 7) is 1.29. The van der Waals surface area contributed by atoms with Crippen molar-refractivity contribution in [2.24, 2.45) is 0 Å². The van der Waals surface area contributed by atoms with Gasteiger partial charge >= 0.3 is 0 Å². The van der Waals surface area contributed by atoms with Crippen molar-refractivity contribution >= 4 is 28.8 Å². The van der Waals surface area contributed by atoms with Crippen molar-refractivity contribution in [3.8, 4) is 0 Å². The Hall–Kier alpha value is -3.06. The van der Waals surface area contributed by atoms with E-state index in [1.54, 1.807) is 24.5 Å². The van der Waals surface area contributed by atoms with Gasteiger partial charge in [0.25, 0.3) is 5.91 Å². The SMILES string of the molecule is O=C(Nc1ccncc1)c1nc2c(s1)CCN(C(=O)Cc1ccccc1)CC2. The smallest absolute Gasteiger partial charge is 0.284 e. The summed E-state index contributed by atoms with van der Waals surface area (Å²) in [5.74, 6) is -0.0710. The van der Waals surface area contributed by atoms with E-state index >= 15 is 0 Å². The van der Waals surface area contributed by atoms with Gasteiger partial charge in [-0.05, 0) is 17.7 Å². The van der Waals surface area contributed by atoms with Gasteiger partial charge in [-0.1, -0.05) is 30.3 Å². The van der Waals surface area contributed by atoms with E-state index in [4.69, 9.17) is 0 Å². The van der Waals surface area contributed by atoms with Crippen LogP contribution in [0.15, 0.2) is 54.9 Å². The number of hydrogen-bond acceptors (Lipinski definition) is 5. The molecule has 7 heteroatoms. The lowest BCUT2D eigenvalue weighted by Gasteiger charge is -2.20. The molecule has 0 aliphatic carbocycles. The van der Waals surface area contributed by atoms with Crippen LogP contribution in [0.2, 0.25) is 0 Å². The highest BCUT2D eigenvalue weighted by Gasteiger charge is 2.23. The van der Waals surface area contributed by atoms with Crippen LogP contribution in [-0.2, 0) is 24.1 Å². The number of thiazole rings is 1. The van der Waals surface area contributed by atoms with Crippen molar-refractivity contribution < 1.29 is 9.59 Å². The first kappa shape index (κ1) is 18.3. The standard InChI is InChI=1S/C21H20N4O2S/c26-19(14-15-4-2-1-3-5-15)25-12-8-17-18(9-13-25)28-21(24-17)20(27)23-16-6-10-22-11-7-16/h1-7,10-11H,8-9,12-14H2,(H,22,23,27). The van der Waals surface area contributed by atoms with Gasteiger partial charge in [0.05, 0.1) is 12.1 Å². The zero-order valence-electron chi connectivity index (χ0n) is 15.3. The van der Waals surface area contributed by atoms with Crippen LogP contribution in [0, 0.1) is 0 Å². The zero-order valence-corrected chi connectivity index (χ0v) is 16.1. The van der Waals surface area contributed by atoms with E-state index in [2.05, 4.69) is 15.3 Å². The van der Waals surface area contributed by atoms with E-state index in [0.717, 1.165) is 22.6 Å². The third-order valence-corrected chi connectivity index (χ3v) is 5.85. The van der Waals surface area contributed by atoms with Gasteiger partial charge in [-0.3, -0.25) is 14.6 Å². The fourth-order valence-electron chi connectivity index (χ4n) is 3.21. The number of carbonyl (C=O) groups excluding carboxylic acids is 2. The third kappa shape index (κ3) is 4.26. The molecule has 0 unspecified atom stereocenters. The molecule has 3 aromatic rings. The first-order valence-electron chi connectivity index (χ1n) is 9.21. The van der Waals surface area contributed by atoms with Crippen molar-refractivity contribution in [3.05, 3.63) is 76.0 Å². The van der Waals surface area contributed by atoms with Crippen molar-refractivity contribution in [3.63, 3.8) is 0 Å². The predicted molar refractivity (Wildman–Crippen MR) is 108 cm³/mol. The molecule has 1 aliphatic rings. The molecule has 3 heterocycles. The van der Waals surface area contributed by atoms with Crippen LogP contribution in [0.1, 0.15) is 25.9 Å². The number of amides is 2. The minimum Gasteiger partial charge on any atom is -0.342 e. The van der Waals surface area contributed by atoms with E-state index in [0.29, 0.717) is 36.6 Å². The molecular formula is C21H20N4O2S. The summed E-state index contributed by atoms with van der Waals surface area (Å²) in [6, 6.07) is 13.3. The van der Waals surface area contributed by atoms with Crippen LogP contribution >= 0.6 is 11.3 Å². The van der Waals surface area contributed by atoms with Gasteiger partial charge in [0.2, 0.25) is 5.91 Å². The molecule has 1 N–H and O–H groups in total. The summed E-state index contributed by atoms with van der Waals surface area (Å²) in [5, 5.41) is 3.31. The van der Waals surface area contributed by atoms with Crippen LogP contribution in [0.4, 0.5) is 5.69 Å². The number of pyridine rings is 1. The molecular weight excluding hydrogens is 372 g/mol. The van der Waals surface area contributed by atoms with Gasteiger partial charge in [0.1, 0.15) is 0 Å². The molecule has 0 saturated carbocycles. The average Bonchev–Trinajstić information content (AvgIpc) is 3.02. The number of fused-ring (bicyclic) bond motifs is 1. The molecule has 0 spiro atoms. The molecule has 2 aromatic heterocycles. The van der Waals surface area contributed by atoms with E-state index in [1.807, 2.05) is 35.2 Å². The normalized spacial score (nSPS) is 13.5.